The number of hydrogen-bond acceptors (Lipinski definition) is 3. The van der Waals surface area contributed by atoms with Crippen molar-refractivity contribution in [1.29, 1.82) is 0 Å². The largest absolute Gasteiger partial charge is 0.444 e. The Kier molecular flexibility index (Phi) is 7.91. The number of hydrogen-bond donors (Lipinski definition) is 2. The number of alkyl carbamates (subject to hydrolysis) is 1. The maximum Gasteiger partial charge on any atom is 0.408 e. The van der Waals surface area contributed by atoms with Crippen LogP contribution < -0.4 is 10.6 Å². The van der Waals surface area contributed by atoms with Crippen molar-refractivity contribution in [2.75, 3.05) is 6.54 Å². The first-order chi connectivity index (χ1) is 9.85. The highest BCUT2D eigenvalue weighted by molar-refractivity contribution is 5.85. The molecule has 0 aromatic carbocycles. The zero-order valence-electron chi connectivity index (χ0n) is 15.5. The van der Waals surface area contributed by atoms with E-state index in [2.05, 4.69) is 31.4 Å². The van der Waals surface area contributed by atoms with Gasteiger partial charge in [0.25, 0.3) is 0 Å². The molecular weight excluding hydrogens is 280 g/mol. The Morgan fingerprint density at radius 3 is 2.05 bits per heavy atom. The van der Waals surface area contributed by atoms with Gasteiger partial charge in [-0.3, -0.25) is 4.79 Å². The second kappa shape index (κ2) is 8.39. The fourth-order valence-corrected chi connectivity index (χ4v) is 1.81. The molecule has 2 N–H and O–H groups in total. The molecule has 0 spiro atoms. The summed E-state index contributed by atoms with van der Waals surface area (Å²) in [5.74, 6) is -0.105. The van der Waals surface area contributed by atoms with Crippen LogP contribution in [0.4, 0.5) is 4.79 Å². The third-order valence-electron chi connectivity index (χ3n) is 3.34. The van der Waals surface area contributed by atoms with Gasteiger partial charge in [-0.1, -0.05) is 41.0 Å². The summed E-state index contributed by atoms with van der Waals surface area (Å²) in [6, 6.07) is -0.570. The van der Waals surface area contributed by atoms with E-state index in [-0.39, 0.29) is 17.2 Å². The maximum absolute atomic E-state index is 12.3. The smallest absolute Gasteiger partial charge is 0.408 e. The average molecular weight is 314 g/mol. The molecule has 0 aliphatic heterocycles. The number of rotatable bonds is 6. The summed E-state index contributed by atoms with van der Waals surface area (Å²) in [6.45, 7) is 16.3. The lowest BCUT2D eigenvalue weighted by Gasteiger charge is -2.27. The van der Waals surface area contributed by atoms with Gasteiger partial charge in [0.1, 0.15) is 11.6 Å². The molecule has 5 nitrogen and oxygen atoms in total. The van der Waals surface area contributed by atoms with Gasteiger partial charge in [0.15, 0.2) is 0 Å². The van der Waals surface area contributed by atoms with Crippen molar-refractivity contribution >= 4 is 12.0 Å². The molecule has 2 amide bonds. The van der Waals surface area contributed by atoms with Crippen LogP contribution in [0.2, 0.25) is 0 Å². The Morgan fingerprint density at radius 2 is 1.64 bits per heavy atom. The fraction of sp³-hybridized carbons (Fsp3) is 0.882. The van der Waals surface area contributed by atoms with Crippen LogP contribution >= 0.6 is 0 Å². The quantitative estimate of drug-likeness (QED) is 0.788. The van der Waals surface area contributed by atoms with E-state index in [0.29, 0.717) is 6.54 Å². The molecule has 0 aliphatic carbocycles. The summed E-state index contributed by atoms with van der Waals surface area (Å²) in [6.07, 6.45) is 1.13. The molecule has 0 bridgehead atoms. The van der Waals surface area contributed by atoms with Crippen LogP contribution in [0.5, 0.6) is 0 Å². The summed E-state index contributed by atoms with van der Waals surface area (Å²) in [5.41, 5.74) is -0.412. The molecule has 0 saturated heterocycles. The third kappa shape index (κ3) is 9.64. The van der Waals surface area contributed by atoms with Gasteiger partial charge in [0, 0.05) is 6.54 Å². The molecule has 22 heavy (non-hydrogen) atoms. The SMILES string of the molecule is CCC(C)[C@H](NC(=O)OC(C)(C)C)C(=O)NCCC(C)(C)C. The number of carbonyl (C=O) groups excluding carboxylic acids is 2. The highest BCUT2D eigenvalue weighted by Gasteiger charge is 2.28. The van der Waals surface area contributed by atoms with Crippen LogP contribution in [0.1, 0.15) is 68.2 Å². The maximum atomic E-state index is 12.3. The van der Waals surface area contributed by atoms with Gasteiger partial charge in [-0.25, -0.2) is 4.79 Å². The molecule has 0 heterocycles. The van der Waals surface area contributed by atoms with E-state index in [1.165, 1.54) is 0 Å². The fourth-order valence-electron chi connectivity index (χ4n) is 1.81. The molecule has 0 aromatic heterocycles. The summed E-state index contributed by atoms with van der Waals surface area (Å²) >= 11 is 0. The zero-order valence-corrected chi connectivity index (χ0v) is 15.5. The summed E-state index contributed by atoms with van der Waals surface area (Å²) < 4.78 is 5.24. The van der Waals surface area contributed by atoms with Crippen LogP contribution in [0.3, 0.4) is 0 Å². The number of nitrogens with one attached hydrogen (secondary N) is 2. The molecule has 130 valence electrons. The Bertz CT molecular complexity index is 367. The second-order valence-electron chi connectivity index (χ2n) is 8.11. The van der Waals surface area contributed by atoms with Gasteiger partial charge in [0.05, 0.1) is 0 Å². The van der Waals surface area contributed by atoms with E-state index < -0.39 is 17.7 Å². The first-order valence-corrected chi connectivity index (χ1v) is 8.13. The minimum Gasteiger partial charge on any atom is -0.444 e. The van der Waals surface area contributed by atoms with Crippen molar-refractivity contribution in [2.45, 2.75) is 79.9 Å². The van der Waals surface area contributed by atoms with E-state index in [4.69, 9.17) is 4.74 Å². The van der Waals surface area contributed by atoms with Crippen molar-refractivity contribution in [3.63, 3.8) is 0 Å². The Hall–Kier alpha value is -1.26. The van der Waals surface area contributed by atoms with E-state index >= 15 is 0 Å². The molecule has 5 heteroatoms. The molecule has 1 unspecified atom stereocenters. The highest BCUT2D eigenvalue weighted by Crippen LogP contribution is 2.17. The van der Waals surface area contributed by atoms with Gasteiger partial charge < -0.3 is 15.4 Å². The summed E-state index contributed by atoms with van der Waals surface area (Å²) in [5, 5.41) is 5.61. The molecule has 0 radical (unpaired) electrons. The normalized spacial score (nSPS) is 14.9. The Labute approximate surface area is 135 Å². The van der Waals surface area contributed by atoms with Crippen molar-refractivity contribution in [3.8, 4) is 0 Å². The van der Waals surface area contributed by atoms with Gasteiger partial charge in [-0.2, -0.15) is 0 Å². The predicted octanol–water partition coefficient (Wildman–Crippen LogP) is 3.48. The van der Waals surface area contributed by atoms with Gasteiger partial charge in [-0.15, -0.1) is 0 Å². The van der Waals surface area contributed by atoms with Gasteiger partial charge in [-0.05, 0) is 38.5 Å². The van der Waals surface area contributed by atoms with Gasteiger partial charge >= 0.3 is 6.09 Å². The van der Waals surface area contributed by atoms with Crippen molar-refractivity contribution < 1.29 is 14.3 Å². The standard InChI is InChI=1S/C17H34N2O3/c1-9-12(2)13(19-15(21)22-17(6,7)8)14(20)18-11-10-16(3,4)5/h12-13H,9-11H2,1-8H3,(H,18,20)(H,19,21)/t12?,13-/m0/s1. The molecule has 0 fully saturated rings. The first kappa shape index (κ1) is 20.7. The second-order valence-corrected chi connectivity index (χ2v) is 8.11. The number of carbonyl (C=O) groups is 2. The molecule has 0 rings (SSSR count). The third-order valence-corrected chi connectivity index (χ3v) is 3.34. The summed E-state index contributed by atoms with van der Waals surface area (Å²) in [7, 11) is 0. The van der Waals surface area contributed by atoms with E-state index in [0.717, 1.165) is 12.8 Å². The first-order valence-electron chi connectivity index (χ1n) is 8.13. The highest BCUT2D eigenvalue weighted by atomic mass is 16.6. The Balaban J connectivity index is 4.63. The number of amides is 2. The van der Waals surface area contributed by atoms with Gasteiger partial charge in [0.2, 0.25) is 5.91 Å². The van der Waals surface area contributed by atoms with Crippen LogP contribution in [0, 0.1) is 11.3 Å². The van der Waals surface area contributed by atoms with E-state index in [1.54, 1.807) is 20.8 Å². The van der Waals surface area contributed by atoms with Crippen LogP contribution in [0.25, 0.3) is 0 Å². The van der Waals surface area contributed by atoms with Crippen LogP contribution in [0.15, 0.2) is 0 Å². The molecular formula is C17H34N2O3. The zero-order chi connectivity index (χ0) is 17.6. The average Bonchev–Trinajstić information content (AvgIpc) is 2.31. The van der Waals surface area contributed by atoms with Crippen molar-refractivity contribution in [3.05, 3.63) is 0 Å². The van der Waals surface area contributed by atoms with E-state index in [9.17, 15) is 9.59 Å². The minimum absolute atomic E-state index is 0.0437. The van der Waals surface area contributed by atoms with Crippen molar-refractivity contribution in [1.82, 2.24) is 10.6 Å². The lowest BCUT2D eigenvalue weighted by Crippen LogP contribution is -2.51. The monoisotopic (exact) mass is 314 g/mol. The molecule has 2 atom stereocenters. The van der Waals surface area contributed by atoms with Crippen LogP contribution in [-0.2, 0) is 9.53 Å². The topological polar surface area (TPSA) is 67.4 Å². The lowest BCUT2D eigenvalue weighted by atomic mass is 9.92. The summed E-state index contributed by atoms with van der Waals surface area (Å²) in [4.78, 5) is 24.3. The molecule has 0 saturated carbocycles. The van der Waals surface area contributed by atoms with Crippen molar-refractivity contribution in [2.24, 2.45) is 11.3 Å². The predicted molar refractivity (Wildman–Crippen MR) is 89.7 cm³/mol. The van der Waals surface area contributed by atoms with E-state index in [1.807, 2.05) is 13.8 Å². The molecule has 0 aliphatic rings. The molecule has 0 aromatic rings. The van der Waals surface area contributed by atoms with Crippen LogP contribution in [-0.4, -0.2) is 30.2 Å². The lowest BCUT2D eigenvalue weighted by molar-refractivity contribution is -0.124. The number of ether oxygens (including phenoxy) is 1. The minimum atomic E-state index is -0.577. The Morgan fingerprint density at radius 1 is 1.09 bits per heavy atom.